The van der Waals surface area contributed by atoms with Crippen LogP contribution < -0.4 is 0 Å². The largest absolute Gasteiger partial charge is 0.386 e. The van der Waals surface area contributed by atoms with E-state index >= 15 is 0 Å². The van der Waals surface area contributed by atoms with Crippen molar-refractivity contribution in [1.29, 1.82) is 0 Å². The molecule has 11 heteroatoms. The van der Waals surface area contributed by atoms with Crippen molar-refractivity contribution in [2.45, 2.75) is 114 Å². The zero-order valence-electron chi connectivity index (χ0n) is 30.4. The Labute approximate surface area is 305 Å². The van der Waals surface area contributed by atoms with Gasteiger partial charge in [-0.1, -0.05) is 91.0 Å². The van der Waals surface area contributed by atoms with Gasteiger partial charge in [-0.3, -0.25) is 4.79 Å². The molecule has 0 bridgehead atoms. The van der Waals surface area contributed by atoms with Crippen molar-refractivity contribution in [3.05, 3.63) is 120 Å². The van der Waals surface area contributed by atoms with Gasteiger partial charge in [0.1, 0.15) is 42.7 Å². The van der Waals surface area contributed by atoms with Crippen LogP contribution in [-0.2, 0) is 67.2 Å². The molecule has 3 saturated heterocycles. The second kappa shape index (κ2) is 17.2. The van der Waals surface area contributed by atoms with E-state index in [-0.39, 0.29) is 26.4 Å². The summed E-state index contributed by atoms with van der Waals surface area (Å²) in [5.74, 6) is -2.24. The van der Waals surface area contributed by atoms with Gasteiger partial charge in [-0.15, -0.1) is 0 Å². The molecule has 0 saturated carbocycles. The van der Waals surface area contributed by atoms with Gasteiger partial charge in [0.2, 0.25) is 0 Å². The molecular weight excluding hydrogens is 668 g/mol. The molecule has 0 aliphatic carbocycles. The highest BCUT2D eigenvalue weighted by Gasteiger charge is 2.53. The van der Waals surface area contributed by atoms with Crippen molar-refractivity contribution < 1.29 is 52.5 Å². The summed E-state index contributed by atoms with van der Waals surface area (Å²) < 4.78 is 55.9. The molecular formula is C41H50O11. The number of aliphatic hydroxyl groups excluding tert-OH is 1. The lowest BCUT2D eigenvalue weighted by Crippen LogP contribution is -2.62. The highest BCUT2D eigenvalue weighted by Crippen LogP contribution is 2.37. The van der Waals surface area contributed by atoms with Crippen LogP contribution in [0.4, 0.5) is 0 Å². The van der Waals surface area contributed by atoms with Crippen LogP contribution in [0.25, 0.3) is 0 Å². The Hall–Kier alpha value is -3.33. The number of ketones is 1. The smallest absolute Gasteiger partial charge is 0.187 e. The molecule has 3 heterocycles. The summed E-state index contributed by atoms with van der Waals surface area (Å²) in [4.78, 5) is 14.2. The van der Waals surface area contributed by atoms with Gasteiger partial charge in [0.25, 0.3) is 0 Å². The number of hydrogen-bond acceptors (Lipinski definition) is 11. The van der Waals surface area contributed by atoms with Gasteiger partial charge in [0, 0.05) is 7.11 Å². The third-order valence-electron chi connectivity index (χ3n) is 9.22. The predicted octanol–water partition coefficient (Wildman–Crippen LogP) is 5.27. The Morgan fingerprint density at radius 2 is 1.27 bits per heavy atom. The minimum absolute atomic E-state index is 0.184. The van der Waals surface area contributed by atoms with Crippen molar-refractivity contribution in [2.24, 2.45) is 0 Å². The Morgan fingerprint density at radius 1 is 0.750 bits per heavy atom. The van der Waals surface area contributed by atoms with Crippen molar-refractivity contribution in [2.75, 3.05) is 13.7 Å². The molecule has 6 rings (SSSR count). The first kappa shape index (κ1) is 38.4. The lowest BCUT2D eigenvalue weighted by molar-refractivity contribution is -0.310. The lowest BCUT2D eigenvalue weighted by Gasteiger charge is -2.44. The molecule has 3 fully saturated rings. The number of carbonyl (C=O) groups excluding carboxylic acids is 1. The molecule has 0 unspecified atom stereocenters. The van der Waals surface area contributed by atoms with Crippen molar-refractivity contribution in [3.8, 4) is 0 Å². The molecule has 3 aliphatic heterocycles. The first-order valence-corrected chi connectivity index (χ1v) is 17.7. The van der Waals surface area contributed by atoms with Crippen LogP contribution in [0.15, 0.2) is 103 Å². The average Bonchev–Trinajstić information content (AvgIpc) is 3.69. The van der Waals surface area contributed by atoms with E-state index in [9.17, 15) is 9.90 Å². The molecule has 0 spiro atoms. The number of hydrogen-bond donors (Lipinski definition) is 1. The number of aliphatic hydroxyl groups is 1. The van der Waals surface area contributed by atoms with E-state index in [0.717, 1.165) is 16.7 Å². The van der Waals surface area contributed by atoms with E-state index < -0.39 is 72.5 Å². The van der Waals surface area contributed by atoms with Crippen LogP contribution in [0.5, 0.6) is 0 Å². The minimum atomic E-state index is -1.22. The molecule has 3 aromatic carbocycles. The molecule has 9 atom stereocenters. The van der Waals surface area contributed by atoms with Gasteiger partial charge in [-0.2, -0.15) is 0 Å². The Morgan fingerprint density at radius 3 is 1.77 bits per heavy atom. The molecule has 3 aliphatic rings. The highest BCUT2D eigenvalue weighted by molar-refractivity contribution is 5.94. The Balaban J connectivity index is 1.26. The number of rotatable bonds is 15. The molecule has 0 amide bonds. The summed E-state index contributed by atoms with van der Waals surface area (Å²) >= 11 is 0. The fraction of sp³-hybridized carbons (Fsp3) is 0.488. The summed E-state index contributed by atoms with van der Waals surface area (Å²) in [5, 5.41) is 11.4. The topological polar surface area (TPSA) is 120 Å². The van der Waals surface area contributed by atoms with Crippen LogP contribution in [-0.4, -0.2) is 91.3 Å². The van der Waals surface area contributed by atoms with E-state index in [4.69, 9.17) is 42.6 Å². The summed E-state index contributed by atoms with van der Waals surface area (Å²) in [6.07, 6.45) is -5.12. The molecule has 1 N–H and O–H groups in total. The van der Waals surface area contributed by atoms with Crippen molar-refractivity contribution in [3.63, 3.8) is 0 Å². The summed E-state index contributed by atoms with van der Waals surface area (Å²) in [5.41, 5.74) is 2.80. The van der Waals surface area contributed by atoms with E-state index in [1.54, 1.807) is 13.8 Å². The lowest BCUT2D eigenvalue weighted by atomic mass is 9.94. The second-order valence-electron chi connectivity index (χ2n) is 14.1. The van der Waals surface area contributed by atoms with Crippen LogP contribution in [0, 0.1) is 0 Å². The fourth-order valence-corrected chi connectivity index (χ4v) is 6.72. The summed E-state index contributed by atoms with van der Waals surface area (Å²) in [6.45, 7) is 8.11. The van der Waals surface area contributed by atoms with Crippen molar-refractivity contribution >= 4 is 5.78 Å². The zero-order chi connectivity index (χ0) is 36.7. The second-order valence-corrected chi connectivity index (χ2v) is 14.1. The molecule has 0 radical (unpaired) electrons. The fourth-order valence-electron chi connectivity index (χ4n) is 6.72. The van der Waals surface area contributed by atoms with Gasteiger partial charge in [-0.25, -0.2) is 0 Å². The SMILES string of the molecule is CO[C@H]1O[C@H](C(=O)/C=C/[C@H](O)[C@H]2OC(C)(C)O[C@@H]2[C@H]2COC(C)(C)O2)[C@@H](OCc2ccccc2)[C@H](OCc2ccccc2)[C@H]1OCc1ccccc1. The van der Waals surface area contributed by atoms with E-state index in [1.165, 1.54) is 19.3 Å². The van der Waals surface area contributed by atoms with Gasteiger partial charge < -0.3 is 47.7 Å². The number of carbonyl (C=O) groups is 1. The summed E-state index contributed by atoms with van der Waals surface area (Å²) in [7, 11) is 1.50. The normalized spacial score (nSPS) is 30.4. The molecule has 0 aromatic heterocycles. The van der Waals surface area contributed by atoms with Crippen LogP contribution in [0.2, 0.25) is 0 Å². The molecule has 52 heavy (non-hydrogen) atoms. The van der Waals surface area contributed by atoms with E-state index in [2.05, 4.69) is 0 Å². The average molecular weight is 719 g/mol. The van der Waals surface area contributed by atoms with Crippen LogP contribution >= 0.6 is 0 Å². The van der Waals surface area contributed by atoms with Gasteiger partial charge >= 0.3 is 0 Å². The predicted molar refractivity (Wildman–Crippen MR) is 190 cm³/mol. The zero-order valence-corrected chi connectivity index (χ0v) is 30.4. The maximum Gasteiger partial charge on any atom is 0.187 e. The first-order valence-electron chi connectivity index (χ1n) is 17.7. The van der Waals surface area contributed by atoms with Crippen LogP contribution in [0.1, 0.15) is 44.4 Å². The third-order valence-corrected chi connectivity index (χ3v) is 9.22. The molecule has 11 nitrogen and oxygen atoms in total. The Kier molecular flexibility index (Phi) is 12.7. The molecule has 3 aromatic rings. The first-order chi connectivity index (χ1) is 25.0. The number of ether oxygens (including phenoxy) is 9. The maximum absolute atomic E-state index is 14.2. The minimum Gasteiger partial charge on any atom is -0.386 e. The monoisotopic (exact) mass is 718 g/mol. The number of benzene rings is 3. The maximum atomic E-state index is 14.2. The quantitative estimate of drug-likeness (QED) is 0.207. The Bertz CT molecular complexity index is 1580. The molecule has 280 valence electrons. The number of methoxy groups -OCH3 is 1. The van der Waals surface area contributed by atoms with Gasteiger partial charge in [0.15, 0.2) is 29.8 Å². The third kappa shape index (κ3) is 9.80. The highest BCUT2D eigenvalue weighted by atomic mass is 16.8. The van der Waals surface area contributed by atoms with Crippen LogP contribution in [0.3, 0.4) is 0 Å². The van der Waals surface area contributed by atoms with E-state index in [1.807, 2.05) is 105 Å². The van der Waals surface area contributed by atoms with Crippen molar-refractivity contribution in [1.82, 2.24) is 0 Å². The van der Waals surface area contributed by atoms with E-state index in [0.29, 0.717) is 0 Å². The van der Waals surface area contributed by atoms with Gasteiger partial charge in [0.05, 0.1) is 26.4 Å². The summed E-state index contributed by atoms with van der Waals surface area (Å²) in [6, 6.07) is 29.2. The standard InChI is InChI=1S/C41H50O11/c1-40(2)48-26-32(50-40)35-34(51-41(3,4)52-35)31(43)22-21-30(42)33-36(45-23-27-15-9-6-10-16-27)37(46-24-28-17-11-7-12-18-28)38(39(44-5)49-33)47-25-29-19-13-8-14-20-29/h6-22,31-39,43H,23-26H2,1-5H3/b22-21+/t31-,32+,33+,34+,35+,36+,37-,38+,39-/m0/s1. The van der Waals surface area contributed by atoms with Gasteiger partial charge in [-0.05, 0) is 56.5 Å².